The smallest absolute Gasteiger partial charge is 0.162 e. The van der Waals surface area contributed by atoms with Gasteiger partial charge in [0.05, 0.1) is 7.11 Å². The number of methoxy groups -OCH3 is 1. The van der Waals surface area contributed by atoms with Gasteiger partial charge in [0.25, 0.3) is 0 Å². The zero-order valence-corrected chi connectivity index (χ0v) is 5.02. The molecular weight excluding hydrogens is 92.1 g/mol. The van der Waals surface area contributed by atoms with Crippen molar-refractivity contribution in [2.75, 3.05) is 7.11 Å². The lowest BCUT2D eigenvalue weighted by atomic mass is 10.4. The topological polar surface area (TPSA) is 18.5 Å². The minimum atomic E-state index is -0.528. The molecule has 2 nitrogen and oxygen atoms in total. The van der Waals surface area contributed by atoms with E-state index in [2.05, 4.69) is 11.8 Å². The lowest BCUT2D eigenvalue weighted by Gasteiger charge is -2.19. The van der Waals surface area contributed by atoms with E-state index in [1.54, 1.807) is 21.0 Å². The largest absolute Gasteiger partial charge is 0.354 e. The summed E-state index contributed by atoms with van der Waals surface area (Å²) in [5.41, 5.74) is 0. The summed E-state index contributed by atoms with van der Waals surface area (Å²) in [5, 5.41) is 0. The average molecular weight is 103 g/mol. The van der Waals surface area contributed by atoms with Crippen molar-refractivity contribution < 1.29 is 9.47 Å². The van der Waals surface area contributed by atoms with Crippen LogP contribution in [0.3, 0.4) is 0 Å². The van der Waals surface area contributed by atoms with Crippen molar-refractivity contribution >= 4 is 0 Å². The molecule has 2 heteroatoms. The van der Waals surface area contributed by atoms with Crippen molar-refractivity contribution in [1.29, 1.82) is 0 Å². The highest BCUT2D eigenvalue weighted by molar-refractivity contribution is 4.48. The predicted molar refractivity (Wildman–Crippen MR) is 27.5 cm³/mol. The Balaban J connectivity index is 3.36. The lowest BCUT2D eigenvalue weighted by Crippen LogP contribution is -2.23. The Hall–Kier alpha value is -0.0800. The zero-order chi connectivity index (χ0) is 5.91. The molecule has 1 radical (unpaired) electrons. The average Bonchev–Trinajstić information content (AvgIpc) is 1.68. The first-order valence-electron chi connectivity index (χ1n) is 2.11. The van der Waals surface area contributed by atoms with Gasteiger partial charge in [-0.1, -0.05) is 0 Å². The maximum Gasteiger partial charge on any atom is 0.162 e. The molecule has 0 unspecified atom stereocenters. The van der Waals surface area contributed by atoms with Crippen molar-refractivity contribution in [3.63, 3.8) is 0 Å². The lowest BCUT2D eigenvalue weighted by molar-refractivity contribution is -0.164. The van der Waals surface area contributed by atoms with Crippen LogP contribution in [0.25, 0.3) is 0 Å². The molecule has 0 saturated heterocycles. The minimum Gasteiger partial charge on any atom is -0.354 e. The zero-order valence-electron chi connectivity index (χ0n) is 5.02. The highest BCUT2D eigenvalue weighted by Gasteiger charge is 2.12. The van der Waals surface area contributed by atoms with Gasteiger partial charge in [0.15, 0.2) is 5.79 Å². The van der Waals surface area contributed by atoms with Crippen LogP contribution in [0, 0.1) is 7.11 Å². The first kappa shape index (κ1) is 6.92. The molecule has 0 atom stereocenters. The van der Waals surface area contributed by atoms with E-state index >= 15 is 0 Å². The van der Waals surface area contributed by atoms with Crippen LogP contribution >= 0.6 is 0 Å². The van der Waals surface area contributed by atoms with Gasteiger partial charge in [0.1, 0.15) is 0 Å². The fraction of sp³-hybridized carbons (Fsp3) is 0.800. The maximum absolute atomic E-state index is 4.80. The van der Waals surface area contributed by atoms with E-state index in [-0.39, 0.29) is 0 Å². The third-order valence-corrected chi connectivity index (χ3v) is 0.839. The van der Waals surface area contributed by atoms with Crippen molar-refractivity contribution in [1.82, 2.24) is 0 Å². The second-order valence-corrected chi connectivity index (χ2v) is 1.75. The van der Waals surface area contributed by atoms with Crippen molar-refractivity contribution in [3.05, 3.63) is 7.11 Å². The molecule has 0 aromatic rings. The van der Waals surface area contributed by atoms with Crippen LogP contribution in [-0.4, -0.2) is 12.9 Å². The van der Waals surface area contributed by atoms with E-state index in [0.29, 0.717) is 0 Å². The molecule has 0 amide bonds. The SMILES string of the molecule is [CH2]OC(C)(C)OC. The summed E-state index contributed by atoms with van der Waals surface area (Å²) in [6, 6.07) is 0. The molecule has 0 aliphatic carbocycles. The Labute approximate surface area is 44.4 Å². The van der Waals surface area contributed by atoms with E-state index in [9.17, 15) is 0 Å². The number of rotatable bonds is 2. The van der Waals surface area contributed by atoms with Gasteiger partial charge in [0, 0.05) is 7.11 Å². The van der Waals surface area contributed by atoms with Gasteiger partial charge in [0.2, 0.25) is 0 Å². The van der Waals surface area contributed by atoms with Crippen LogP contribution in [0.1, 0.15) is 13.8 Å². The third-order valence-electron chi connectivity index (χ3n) is 0.839. The number of ether oxygens (including phenoxy) is 2. The highest BCUT2D eigenvalue weighted by Crippen LogP contribution is 2.06. The van der Waals surface area contributed by atoms with E-state index in [0.717, 1.165) is 0 Å². The highest BCUT2D eigenvalue weighted by atomic mass is 16.7. The Kier molecular flexibility index (Phi) is 2.26. The molecule has 0 aliphatic heterocycles. The van der Waals surface area contributed by atoms with Gasteiger partial charge in [-0.3, -0.25) is 0 Å². The van der Waals surface area contributed by atoms with E-state index in [1.165, 1.54) is 0 Å². The first-order valence-corrected chi connectivity index (χ1v) is 2.11. The molecule has 0 aromatic carbocycles. The van der Waals surface area contributed by atoms with E-state index < -0.39 is 5.79 Å². The van der Waals surface area contributed by atoms with Crippen molar-refractivity contribution in [2.45, 2.75) is 19.6 Å². The quantitative estimate of drug-likeness (QED) is 0.488. The van der Waals surface area contributed by atoms with Crippen molar-refractivity contribution in [2.24, 2.45) is 0 Å². The summed E-state index contributed by atoms with van der Waals surface area (Å²) in [5.74, 6) is -0.528. The summed E-state index contributed by atoms with van der Waals surface area (Å²) in [4.78, 5) is 0. The van der Waals surface area contributed by atoms with Crippen LogP contribution in [-0.2, 0) is 9.47 Å². The van der Waals surface area contributed by atoms with Crippen molar-refractivity contribution in [3.8, 4) is 0 Å². The molecule has 0 rings (SSSR count). The van der Waals surface area contributed by atoms with Crippen LogP contribution < -0.4 is 0 Å². The molecule has 43 valence electrons. The molecule has 0 heterocycles. The van der Waals surface area contributed by atoms with Crippen LogP contribution in [0.4, 0.5) is 0 Å². The molecule has 0 N–H and O–H groups in total. The fourth-order valence-corrected chi connectivity index (χ4v) is 0.0589. The monoisotopic (exact) mass is 103 g/mol. The molecule has 0 spiro atoms. The van der Waals surface area contributed by atoms with E-state index in [1.807, 2.05) is 0 Å². The van der Waals surface area contributed by atoms with Gasteiger partial charge < -0.3 is 9.47 Å². The minimum absolute atomic E-state index is 0.528. The molecular formula is C5H11O2. The summed E-state index contributed by atoms with van der Waals surface area (Å²) < 4.78 is 9.42. The first-order chi connectivity index (χ1) is 3.12. The molecule has 0 aliphatic rings. The van der Waals surface area contributed by atoms with Gasteiger partial charge in [-0.05, 0) is 13.8 Å². The van der Waals surface area contributed by atoms with Crippen LogP contribution in [0.2, 0.25) is 0 Å². The standard InChI is InChI=1S/C5H11O2/c1-5(2,6-3)7-4/h3H2,1-2,4H3. The molecule has 0 saturated carbocycles. The third kappa shape index (κ3) is 2.60. The second kappa shape index (κ2) is 2.28. The van der Waals surface area contributed by atoms with E-state index in [4.69, 9.17) is 4.74 Å². The molecule has 0 fully saturated rings. The number of hydrogen-bond acceptors (Lipinski definition) is 2. The fourth-order valence-electron chi connectivity index (χ4n) is 0.0589. The van der Waals surface area contributed by atoms with Crippen LogP contribution in [0.15, 0.2) is 0 Å². The second-order valence-electron chi connectivity index (χ2n) is 1.75. The summed E-state index contributed by atoms with van der Waals surface area (Å²) in [6.45, 7) is 3.58. The van der Waals surface area contributed by atoms with Gasteiger partial charge in [-0.2, -0.15) is 0 Å². The Morgan fingerprint density at radius 3 is 1.86 bits per heavy atom. The Bertz CT molecular complexity index is 44.0. The normalized spacial score (nSPS) is 12.0. The summed E-state index contributed by atoms with van der Waals surface area (Å²) >= 11 is 0. The molecule has 7 heavy (non-hydrogen) atoms. The summed E-state index contributed by atoms with van der Waals surface area (Å²) in [6.07, 6.45) is 0. The van der Waals surface area contributed by atoms with Gasteiger partial charge >= 0.3 is 0 Å². The van der Waals surface area contributed by atoms with Gasteiger partial charge in [-0.15, -0.1) is 0 Å². The maximum atomic E-state index is 4.80. The van der Waals surface area contributed by atoms with Crippen LogP contribution in [0.5, 0.6) is 0 Å². The number of hydrogen-bond donors (Lipinski definition) is 0. The van der Waals surface area contributed by atoms with Gasteiger partial charge in [-0.25, -0.2) is 0 Å². The summed E-state index contributed by atoms with van der Waals surface area (Å²) in [7, 11) is 4.78. The molecule has 0 aromatic heterocycles. The Morgan fingerprint density at radius 1 is 1.43 bits per heavy atom. The molecule has 0 bridgehead atoms. The predicted octanol–water partition coefficient (Wildman–Crippen LogP) is 1.18. The Morgan fingerprint density at radius 2 is 1.86 bits per heavy atom.